The Labute approximate surface area is 125 Å². The minimum absolute atomic E-state index is 0.0246. The number of anilines is 1. The van der Waals surface area contributed by atoms with E-state index < -0.39 is 12.0 Å². The first kappa shape index (κ1) is 15.4. The maximum absolute atomic E-state index is 12.4. The van der Waals surface area contributed by atoms with Gasteiger partial charge in [0.1, 0.15) is 6.04 Å². The number of carbonyl (C=O) groups excluding carboxylic acids is 1. The highest BCUT2D eigenvalue weighted by Crippen LogP contribution is 2.25. The van der Waals surface area contributed by atoms with Crippen molar-refractivity contribution in [3.8, 4) is 0 Å². The molecule has 1 aliphatic heterocycles. The van der Waals surface area contributed by atoms with E-state index >= 15 is 0 Å². The molecule has 1 saturated heterocycles. The normalized spacial score (nSPS) is 21.9. The molecule has 2 rings (SSSR count). The Morgan fingerprint density at radius 2 is 2.10 bits per heavy atom. The number of benzene rings is 1. The number of carboxylic acid groups (broad SMARTS) is 1. The minimum atomic E-state index is -0.930. The molecule has 114 valence electrons. The highest BCUT2D eigenvalue weighted by molar-refractivity contribution is 5.93. The molecule has 2 amide bonds. The molecular formula is C16H22N2O3. The van der Waals surface area contributed by atoms with Crippen molar-refractivity contribution in [3.05, 3.63) is 29.8 Å². The molecule has 0 aromatic heterocycles. The van der Waals surface area contributed by atoms with Crippen LogP contribution in [0, 0.1) is 5.92 Å². The van der Waals surface area contributed by atoms with Crippen LogP contribution >= 0.6 is 0 Å². The van der Waals surface area contributed by atoms with Gasteiger partial charge in [-0.15, -0.1) is 0 Å². The van der Waals surface area contributed by atoms with Crippen LogP contribution in [0.3, 0.4) is 0 Å². The number of aryl methyl sites for hydroxylation is 1. The molecule has 0 spiro atoms. The Kier molecular flexibility index (Phi) is 4.83. The zero-order chi connectivity index (χ0) is 15.4. The highest BCUT2D eigenvalue weighted by atomic mass is 16.4. The van der Waals surface area contributed by atoms with E-state index in [-0.39, 0.29) is 11.9 Å². The van der Waals surface area contributed by atoms with E-state index in [2.05, 4.69) is 5.32 Å². The van der Waals surface area contributed by atoms with Gasteiger partial charge in [0, 0.05) is 12.2 Å². The average molecular weight is 290 g/mol. The summed E-state index contributed by atoms with van der Waals surface area (Å²) in [5.74, 6) is -0.954. The molecule has 0 radical (unpaired) electrons. The summed E-state index contributed by atoms with van der Waals surface area (Å²) < 4.78 is 0. The van der Waals surface area contributed by atoms with Crippen molar-refractivity contribution in [2.24, 2.45) is 5.92 Å². The number of likely N-dealkylation sites (tertiary alicyclic amines) is 1. The van der Waals surface area contributed by atoms with Crippen molar-refractivity contribution in [2.45, 2.75) is 39.2 Å². The molecule has 0 aliphatic carbocycles. The van der Waals surface area contributed by atoms with Crippen molar-refractivity contribution in [3.63, 3.8) is 0 Å². The largest absolute Gasteiger partial charge is 0.480 e. The molecule has 1 fully saturated rings. The van der Waals surface area contributed by atoms with Gasteiger partial charge in [0.15, 0.2) is 0 Å². The van der Waals surface area contributed by atoms with Crippen LogP contribution in [0.25, 0.3) is 0 Å². The average Bonchev–Trinajstić information content (AvgIpc) is 2.47. The Hall–Kier alpha value is -2.04. The lowest BCUT2D eigenvalue weighted by Gasteiger charge is -2.37. The topological polar surface area (TPSA) is 69.6 Å². The minimum Gasteiger partial charge on any atom is -0.480 e. The molecule has 2 N–H and O–H groups in total. The van der Waals surface area contributed by atoms with Crippen LogP contribution in [0.15, 0.2) is 24.3 Å². The Balaban J connectivity index is 2.16. The molecule has 1 aliphatic rings. The fourth-order valence-corrected chi connectivity index (χ4v) is 2.93. The number of piperidine rings is 1. The predicted molar refractivity (Wildman–Crippen MR) is 81.4 cm³/mol. The quantitative estimate of drug-likeness (QED) is 0.899. The highest BCUT2D eigenvalue weighted by Gasteiger charge is 2.37. The second kappa shape index (κ2) is 6.61. The van der Waals surface area contributed by atoms with Gasteiger partial charge in [0.2, 0.25) is 0 Å². The van der Waals surface area contributed by atoms with Crippen LogP contribution in [0.2, 0.25) is 0 Å². The van der Waals surface area contributed by atoms with E-state index in [1.165, 1.54) is 4.90 Å². The van der Waals surface area contributed by atoms with Crippen molar-refractivity contribution in [1.29, 1.82) is 0 Å². The molecule has 21 heavy (non-hydrogen) atoms. The van der Waals surface area contributed by atoms with Crippen LogP contribution in [0.5, 0.6) is 0 Å². The maximum atomic E-state index is 12.4. The summed E-state index contributed by atoms with van der Waals surface area (Å²) in [6.45, 7) is 4.40. The van der Waals surface area contributed by atoms with Gasteiger partial charge in [-0.2, -0.15) is 0 Å². The van der Waals surface area contributed by atoms with E-state index in [9.17, 15) is 14.7 Å². The third-order valence-corrected chi connectivity index (χ3v) is 4.09. The zero-order valence-electron chi connectivity index (χ0n) is 12.5. The summed E-state index contributed by atoms with van der Waals surface area (Å²) in [5.41, 5.74) is 1.80. The first-order chi connectivity index (χ1) is 10.0. The van der Waals surface area contributed by atoms with E-state index in [4.69, 9.17) is 0 Å². The predicted octanol–water partition coefficient (Wildman–Crippen LogP) is 2.97. The van der Waals surface area contributed by atoms with Gasteiger partial charge >= 0.3 is 12.0 Å². The monoisotopic (exact) mass is 290 g/mol. The Bertz CT molecular complexity index is 530. The van der Waals surface area contributed by atoms with Gasteiger partial charge in [0.05, 0.1) is 0 Å². The summed E-state index contributed by atoms with van der Waals surface area (Å²) in [4.78, 5) is 25.3. The van der Waals surface area contributed by atoms with Gasteiger partial charge in [-0.25, -0.2) is 9.59 Å². The molecule has 1 aromatic carbocycles. The molecule has 0 bridgehead atoms. The zero-order valence-corrected chi connectivity index (χ0v) is 12.5. The number of para-hydroxylation sites is 1. The SMILES string of the molecule is CCc1ccccc1NC(=O)N1CCCC(C)C1C(=O)O. The number of hydrogen-bond acceptors (Lipinski definition) is 2. The number of hydrogen-bond donors (Lipinski definition) is 2. The number of urea groups is 1. The molecule has 5 nitrogen and oxygen atoms in total. The molecule has 2 atom stereocenters. The van der Waals surface area contributed by atoms with Gasteiger partial charge in [-0.05, 0) is 36.8 Å². The van der Waals surface area contributed by atoms with Crippen molar-refractivity contribution in [2.75, 3.05) is 11.9 Å². The smallest absolute Gasteiger partial charge is 0.326 e. The van der Waals surface area contributed by atoms with Gasteiger partial charge < -0.3 is 15.3 Å². The number of rotatable bonds is 3. The summed E-state index contributed by atoms with van der Waals surface area (Å²) in [6, 6.07) is 6.53. The van der Waals surface area contributed by atoms with Crippen LogP contribution < -0.4 is 5.32 Å². The summed E-state index contributed by atoms with van der Waals surface area (Å²) in [7, 11) is 0. The molecular weight excluding hydrogens is 268 g/mol. The number of carbonyl (C=O) groups is 2. The van der Waals surface area contributed by atoms with Crippen molar-refractivity contribution in [1.82, 2.24) is 4.90 Å². The number of aliphatic carboxylic acids is 1. The second-order valence-electron chi connectivity index (χ2n) is 5.54. The number of amides is 2. The molecule has 0 saturated carbocycles. The van der Waals surface area contributed by atoms with Crippen LogP contribution in [0.4, 0.5) is 10.5 Å². The Morgan fingerprint density at radius 1 is 1.38 bits per heavy atom. The maximum Gasteiger partial charge on any atom is 0.326 e. The molecule has 1 heterocycles. The van der Waals surface area contributed by atoms with Gasteiger partial charge in [0.25, 0.3) is 0 Å². The third-order valence-electron chi connectivity index (χ3n) is 4.09. The van der Waals surface area contributed by atoms with E-state index in [1.54, 1.807) is 0 Å². The Morgan fingerprint density at radius 3 is 2.76 bits per heavy atom. The number of nitrogens with one attached hydrogen (secondary N) is 1. The lowest BCUT2D eigenvalue weighted by Crippen LogP contribution is -2.53. The standard InChI is InChI=1S/C16H22N2O3/c1-3-12-8-4-5-9-13(12)17-16(21)18-10-6-7-11(2)14(18)15(19)20/h4-5,8-9,11,14H,3,6-7,10H2,1-2H3,(H,17,21)(H,19,20). The fraction of sp³-hybridized carbons (Fsp3) is 0.500. The van der Waals surface area contributed by atoms with Crippen LogP contribution in [0.1, 0.15) is 32.3 Å². The molecule has 5 heteroatoms. The second-order valence-corrected chi connectivity index (χ2v) is 5.54. The van der Waals surface area contributed by atoms with Gasteiger partial charge in [-0.1, -0.05) is 32.0 Å². The number of carboxylic acids is 1. The van der Waals surface area contributed by atoms with Crippen molar-refractivity contribution < 1.29 is 14.7 Å². The van der Waals surface area contributed by atoms with E-state index in [0.29, 0.717) is 6.54 Å². The first-order valence-corrected chi connectivity index (χ1v) is 7.43. The summed E-state index contributed by atoms with van der Waals surface area (Å²) in [6.07, 6.45) is 2.50. The van der Waals surface area contributed by atoms with Crippen molar-refractivity contribution >= 4 is 17.7 Å². The van der Waals surface area contributed by atoms with Crippen LogP contribution in [-0.2, 0) is 11.2 Å². The van der Waals surface area contributed by atoms with Gasteiger partial charge in [-0.3, -0.25) is 0 Å². The van der Waals surface area contributed by atoms with Crippen LogP contribution in [-0.4, -0.2) is 34.6 Å². The lowest BCUT2D eigenvalue weighted by molar-refractivity contribution is -0.145. The van der Waals surface area contributed by atoms with E-state index in [0.717, 1.165) is 30.5 Å². The molecule has 1 aromatic rings. The summed E-state index contributed by atoms with van der Waals surface area (Å²) >= 11 is 0. The fourth-order valence-electron chi connectivity index (χ4n) is 2.93. The van der Waals surface area contributed by atoms with E-state index in [1.807, 2.05) is 38.1 Å². The number of nitrogens with zero attached hydrogens (tertiary/aromatic N) is 1. The third kappa shape index (κ3) is 3.35. The first-order valence-electron chi connectivity index (χ1n) is 7.43. The molecule has 2 unspecified atom stereocenters. The lowest BCUT2D eigenvalue weighted by atomic mass is 9.91. The summed E-state index contributed by atoms with van der Waals surface area (Å²) in [5, 5.41) is 12.2.